The van der Waals surface area contributed by atoms with Gasteiger partial charge in [-0.05, 0) is 50.5 Å². The summed E-state index contributed by atoms with van der Waals surface area (Å²) >= 11 is 3.58. The number of phenolic OH excluding ortho intramolecular Hbond substituents is 1. The number of piperazine rings is 1. The van der Waals surface area contributed by atoms with E-state index in [1.165, 1.54) is 0 Å². The molecule has 0 bridgehead atoms. The van der Waals surface area contributed by atoms with Crippen LogP contribution in [-0.4, -0.2) is 58.4 Å². The van der Waals surface area contributed by atoms with Crippen molar-refractivity contribution in [3.8, 4) is 5.75 Å². The minimum absolute atomic E-state index is 0.0364. The van der Waals surface area contributed by atoms with Crippen molar-refractivity contribution < 1.29 is 14.7 Å². The number of benzene rings is 2. The second kappa shape index (κ2) is 12.0. The largest absolute Gasteiger partial charge is 0.508 e. The van der Waals surface area contributed by atoms with Crippen molar-refractivity contribution in [2.24, 2.45) is 0 Å². The van der Waals surface area contributed by atoms with Gasteiger partial charge in [-0.25, -0.2) is 0 Å². The molecular weight excluding hydrogens is 530 g/mol. The van der Waals surface area contributed by atoms with Crippen LogP contribution < -0.4 is 5.32 Å². The van der Waals surface area contributed by atoms with Crippen LogP contribution in [-0.2, 0) is 15.0 Å². The maximum absolute atomic E-state index is 14.8. The third kappa shape index (κ3) is 5.73. The number of likely N-dealkylation sites (tertiary alicyclic amines) is 1. The molecule has 2 aliphatic heterocycles. The normalized spacial score (nSPS) is 26.4. The zero-order valence-corrected chi connectivity index (χ0v) is 23.8. The van der Waals surface area contributed by atoms with Gasteiger partial charge in [-0.2, -0.15) is 0 Å². The fourth-order valence-corrected chi connectivity index (χ4v) is 6.67. The lowest BCUT2D eigenvalue weighted by atomic mass is 9.64. The molecule has 2 fully saturated rings. The third-order valence-corrected chi connectivity index (χ3v) is 8.38. The number of hydrogen-bond acceptors (Lipinski definition) is 4. The van der Waals surface area contributed by atoms with Crippen LogP contribution in [0, 0.1) is 0 Å². The zero-order chi connectivity index (χ0) is 26.6. The highest BCUT2D eigenvalue weighted by Gasteiger charge is 2.56. The van der Waals surface area contributed by atoms with Crippen molar-refractivity contribution >= 4 is 27.7 Å². The summed E-state index contributed by atoms with van der Waals surface area (Å²) < 4.78 is 0.808. The second-order valence-corrected chi connectivity index (χ2v) is 11.7. The number of halogens is 1. The molecule has 0 aromatic heterocycles. The molecule has 4 atom stereocenters. The summed E-state index contributed by atoms with van der Waals surface area (Å²) in [7, 11) is 0. The number of nitrogens with zero attached hydrogens (tertiary/aromatic N) is 2. The number of rotatable bonds is 8. The van der Waals surface area contributed by atoms with E-state index in [0.717, 1.165) is 35.7 Å². The molecule has 2 N–H and O–H groups in total. The van der Waals surface area contributed by atoms with E-state index in [-0.39, 0.29) is 29.6 Å². The highest BCUT2D eigenvalue weighted by molar-refractivity contribution is 9.10. The minimum Gasteiger partial charge on any atom is -0.508 e. The first-order valence-corrected chi connectivity index (χ1v) is 14.5. The van der Waals surface area contributed by atoms with Gasteiger partial charge < -0.3 is 20.2 Å². The van der Waals surface area contributed by atoms with Crippen molar-refractivity contribution in [2.75, 3.05) is 19.6 Å². The average molecular weight is 571 g/mol. The highest BCUT2D eigenvalue weighted by atomic mass is 79.9. The summed E-state index contributed by atoms with van der Waals surface area (Å²) in [6.07, 6.45) is 4.81. The molecule has 37 heavy (non-hydrogen) atoms. The van der Waals surface area contributed by atoms with Gasteiger partial charge in [0.2, 0.25) is 11.8 Å². The summed E-state index contributed by atoms with van der Waals surface area (Å²) in [6, 6.07) is 15.0. The second-order valence-electron chi connectivity index (χ2n) is 10.8. The number of carbonyl (C=O) groups is 2. The van der Waals surface area contributed by atoms with Crippen LogP contribution in [0.5, 0.6) is 5.75 Å². The summed E-state index contributed by atoms with van der Waals surface area (Å²) in [4.78, 5) is 32.3. The van der Waals surface area contributed by atoms with Crippen molar-refractivity contribution in [2.45, 2.75) is 82.8 Å². The van der Waals surface area contributed by atoms with Crippen LogP contribution >= 0.6 is 15.9 Å². The van der Waals surface area contributed by atoms with Crippen LogP contribution in [0.3, 0.4) is 0 Å². The summed E-state index contributed by atoms with van der Waals surface area (Å²) in [5.41, 5.74) is 0.509. The fourth-order valence-electron chi connectivity index (χ4n) is 6.29. The van der Waals surface area contributed by atoms with Gasteiger partial charge >= 0.3 is 0 Å². The van der Waals surface area contributed by atoms with Gasteiger partial charge in [0.15, 0.2) is 0 Å². The van der Waals surface area contributed by atoms with E-state index in [0.29, 0.717) is 38.0 Å². The number of nitrogens with one attached hydrogen (secondary N) is 1. The monoisotopic (exact) mass is 569 g/mol. The molecule has 4 unspecified atom stereocenters. The topological polar surface area (TPSA) is 72.9 Å². The molecule has 2 aliphatic rings. The predicted molar refractivity (Wildman–Crippen MR) is 150 cm³/mol. The third-order valence-electron chi connectivity index (χ3n) is 7.88. The molecule has 0 spiro atoms. The van der Waals surface area contributed by atoms with E-state index in [1.54, 1.807) is 12.1 Å². The highest BCUT2D eigenvalue weighted by Crippen LogP contribution is 2.52. The molecular formula is C30H40BrN3O3. The van der Waals surface area contributed by atoms with E-state index in [4.69, 9.17) is 0 Å². The Morgan fingerprint density at radius 1 is 1.08 bits per heavy atom. The molecule has 0 aliphatic carbocycles. The number of unbranched alkanes of at least 4 members (excludes halogenated alkanes) is 3. The minimum atomic E-state index is -1.00. The van der Waals surface area contributed by atoms with Crippen LogP contribution in [0.2, 0.25) is 0 Å². The molecule has 7 heteroatoms. The van der Waals surface area contributed by atoms with Crippen molar-refractivity contribution in [3.05, 3.63) is 64.1 Å². The molecule has 6 nitrogen and oxygen atoms in total. The first-order valence-electron chi connectivity index (χ1n) is 13.7. The lowest BCUT2D eigenvalue weighted by Crippen LogP contribution is -2.63. The SMILES string of the molecule is CCCCCCN1C(=O)CCC(C(=O)N2CC(C)NC(C)C2)(c2ccccc2)C1c1cc(Br)ccc1O. The van der Waals surface area contributed by atoms with Gasteiger partial charge in [0.05, 0.1) is 11.5 Å². The molecule has 2 aromatic rings. The molecule has 2 amide bonds. The first kappa shape index (κ1) is 27.6. The molecule has 0 radical (unpaired) electrons. The van der Waals surface area contributed by atoms with Crippen molar-refractivity contribution in [3.63, 3.8) is 0 Å². The Morgan fingerprint density at radius 2 is 1.78 bits per heavy atom. The van der Waals surface area contributed by atoms with E-state index >= 15 is 0 Å². The standard InChI is InChI=1S/C30H40BrN3O3/c1-4-5-6-10-17-34-27(36)15-16-30(23-11-8-7-9-12-23,28(34)25-18-24(31)13-14-26(25)35)29(37)33-19-21(2)32-22(3)20-33/h7-9,11-14,18,21-22,28,32,35H,4-6,10,15-17,19-20H2,1-3H3. The van der Waals surface area contributed by atoms with E-state index in [2.05, 4.69) is 42.0 Å². The Balaban J connectivity index is 1.90. The Morgan fingerprint density at radius 3 is 2.46 bits per heavy atom. The quantitative estimate of drug-likeness (QED) is 0.409. The Bertz CT molecular complexity index is 1080. The molecule has 2 aromatic carbocycles. The Kier molecular flexibility index (Phi) is 8.96. The lowest BCUT2D eigenvalue weighted by Gasteiger charge is -2.52. The molecule has 200 valence electrons. The number of phenols is 1. The van der Waals surface area contributed by atoms with E-state index < -0.39 is 11.5 Å². The fraction of sp³-hybridized carbons (Fsp3) is 0.533. The molecule has 2 heterocycles. The predicted octanol–water partition coefficient (Wildman–Crippen LogP) is 5.55. The maximum Gasteiger partial charge on any atom is 0.235 e. The molecule has 2 saturated heterocycles. The van der Waals surface area contributed by atoms with Crippen LogP contribution in [0.1, 0.15) is 76.5 Å². The van der Waals surface area contributed by atoms with Gasteiger partial charge in [0.1, 0.15) is 5.75 Å². The van der Waals surface area contributed by atoms with Gasteiger partial charge in [-0.15, -0.1) is 0 Å². The van der Waals surface area contributed by atoms with Crippen LogP contribution in [0.25, 0.3) is 0 Å². The van der Waals surface area contributed by atoms with Gasteiger partial charge in [-0.3, -0.25) is 9.59 Å². The van der Waals surface area contributed by atoms with Gasteiger partial charge in [0, 0.05) is 48.2 Å². The summed E-state index contributed by atoms with van der Waals surface area (Å²) in [6.45, 7) is 8.16. The molecule has 0 saturated carbocycles. The summed E-state index contributed by atoms with van der Waals surface area (Å²) in [5.74, 6) is 0.188. The van der Waals surface area contributed by atoms with Gasteiger partial charge in [-0.1, -0.05) is 72.4 Å². The Labute approximate surface area is 229 Å². The zero-order valence-electron chi connectivity index (χ0n) is 22.3. The number of piperidine rings is 1. The Hall–Kier alpha value is -2.38. The first-order chi connectivity index (χ1) is 17.8. The number of carbonyl (C=O) groups excluding carboxylic acids is 2. The van der Waals surface area contributed by atoms with E-state index in [9.17, 15) is 14.7 Å². The van der Waals surface area contributed by atoms with Crippen LogP contribution in [0.4, 0.5) is 0 Å². The summed E-state index contributed by atoms with van der Waals surface area (Å²) in [5, 5.41) is 14.7. The molecule has 4 rings (SSSR count). The van der Waals surface area contributed by atoms with Crippen LogP contribution in [0.15, 0.2) is 53.0 Å². The average Bonchev–Trinajstić information content (AvgIpc) is 2.88. The van der Waals surface area contributed by atoms with Crippen molar-refractivity contribution in [1.82, 2.24) is 15.1 Å². The smallest absolute Gasteiger partial charge is 0.235 e. The van der Waals surface area contributed by atoms with Gasteiger partial charge in [0.25, 0.3) is 0 Å². The van der Waals surface area contributed by atoms with Crippen molar-refractivity contribution in [1.29, 1.82) is 0 Å². The number of aromatic hydroxyl groups is 1. The number of hydrogen-bond donors (Lipinski definition) is 2. The van der Waals surface area contributed by atoms with E-state index in [1.807, 2.05) is 46.2 Å². The maximum atomic E-state index is 14.8. The lowest BCUT2D eigenvalue weighted by molar-refractivity contribution is -0.152. The number of amides is 2.